The highest BCUT2D eigenvalue weighted by Crippen LogP contribution is 2.30. The van der Waals surface area contributed by atoms with Gasteiger partial charge in [0.2, 0.25) is 5.91 Å². The van der Waals surface area contributed by atoms with Crippen molar-refractivity contribution in [2.75, 3.05) is 10.6 Å². The molecule has 1 aromatic heterocycles. The minimum atomic E-state index is -0.407. The lowest BCUT2D eigenvalue weighted by Crippen LogP contribution is -2.14. The number of hydrogen-bond donors (Lipinski definition) is 2. The predicted octanol–water partition coefficient (Wildman–Crippen LogP) is 5.76. The molecule has 0 saturated heterocycles. The first-order valence-electron chi connectivity index (χ1n) is 7.98. The average molecular weight is 436 g/mol. The molecular weight excluding hydrogens is 420 g/mol. The van der Waals surface area contributed by atoms with E-state index in [1.807, 2.05) is 19.1 Å². The molecule has 134 valence electrons. The lowest BCUT2D eigenvalue weighted by atomic mass is 10.1. The highest BCUT2D eigenvalue weighted by Gasteiger charge is 2.19. The monoisotopic (exact) mass is 434 g/mol. The summed E-state index contributed by atoms with van der Waals surface area (Å²) in [6.07, 6.45) is 0.359. The first kappa shape index (κ1) is 18.5. The van der Waals surface area contributed by atoms with Crippen LogP contribution < -0.4 is 10.6 Å². The summed E-state index contributed by atoms with van der Waals surface area (Å²) < 4.78 is 6.60. The van der Waals surface area contributed by atoms with Crippen LogP contribution in [0.15, 0.2) is 45.3 Å². The SMILES string of the molecule is CCC(=O)Nc1ccc(Cl)c(NC(=O)c2oc3ccc(Br)cc3c2C)c1. The minimum Gasteiger partial charge on any atom is -0.451 e. The molecule has 0 bridgehead atoms. The van der Waals surface area contributed by atoms with Gasteiger partial charge in [-0.3, -0.25) is 9.59 Å². The van der Waals surface area contributed by atoms with Crippen LogP contribution in [-0.2, 0) is 4.79 Å². The first-order valence-corrected chi connectivity index (χ1v) is 9.15. The molecule has 26 heavy (non-hydrogen) atoms. The number of benzene rings is 2. The maximum absolute atomic E-state index is 12.7. The molecule has 3 rings (SSSR count). The van der Waals surface area contributed by atoms with Gasteiger partial charge in [0.05, 0.1) is 10.7 Å². The highest BCUT2D eigenvalue weighted by atomic mass is 79.9. The topological polar surface area (TPSA) is 71.3 Å². The average Bonchev–Trinajstić information content (AvgIpc) is 2.94. The quantitative estimate of drug-likeness (QED) is 0.547. The summed E-state index contributed by atoms with van der Waals surface area (Å²) in [5, 5.41) is 6.71. The van der Waals surface area contributed by atoms with Gasteiger partial charge in [0.15, 0.2) is 5.76 Å². The fraction of sp³-hybridized carbons (Fsp3) is 0.158. The van der Waals surface area contributed by atoms with Crippen molar-refractivity contribution >= 4 is 61.7 Å². The van der Waals surface area contributed by atoms with Crippen LogP contribution in [0.1, 0.15) is 29.5 Å². The van der Waals surface area contributed by atoms with Gasteiger partial charge in [0.25, 0.3) is 5.91 Å². The molecule has 3 aromatic rings. The lowest BCUT2D eigenvalue weighted by Gasteiger charge is -2.10. The molecule has 0 fully saturated rings. The zero-order chi connectivity index (χ0) is 18.8. The van der Waals surface area contributed by atoms with Crippen molar-refractivity contribution in [3.8, 4) is 0 Å². The number of halogens is 2. The molecule has 0 radical (unpaired) electrons. The summed E-state index contributed by atoms with van der Waals surface area (Å²) in [5.41, 5.74) is 2.32. The summed E-state index contributed by atoms with van der Waals surface area (Å²) in [7, 11) is 0. The van der Waals surface area contributed by atoms with E-state index in [1.165, 1.54) is 0 Å². The molecule has 0 aliphatic rings. The molecule has 0 aliphatic carbocycles. The van der Waals surface area contributed by atoms with E-state index in [0.717, 1.165) is 15.4 Å². The first-order chi connectivity index (χ1) is 12.4. The third kappa shape index (κ3) is 3.76. The van der Waals surface area contributed by atoms with Gasteiger partial charge in [-0.15, -0.1) is 0 Å². The normalized spacial score (nSPS) is 10.8. The van der Waals surface area contributed by atoms with E-state index in [2.05, 4.69) is 26.6 Å². The van der Waals surface area contributed by atoms with Crippen LogP contribution >= 0.6 is 27.5 Å². The second-order valence-corrected chi connectivity index (χ2v) is 7.07. The second kappa shape index (κ2) is 7.51. The van der Waals surface area contributed by atoms with Gasteiger partial charge >= 0.3 is 0 Å². The number of aryl methyl sites for hydroxylation is 1. The molecule has 2 amide bonds. The number of anilines is 2. The van der Waals surface area contributed by atoms with Crippen LogP contribution in [0.3, 0.4) is 0 Å². The summed E-state index contributed by atoms with van der Waals surface area (Å²) in [5.74, 6) is -0.309. The van der Waals surface area contributed by atoms with E-state index in [4.69, 9.17) is 16.0 Å². The van der Waals surface area contributed by atoms with E-state index in [1.54, 1.807) is 31.2 Å². The number of hydrogen-bond acceptors (Lipinski definition) is 3. The van der Waals surface area contributed by atoms with E-state index in [-0.39, 0.29) is 11.7 Å². The van der Waals surface area contributed by atoms with Gasteiger partial charge in [-0.2, -0.15) is 0 Å². The van der Waals surface area contributed by atoms with Gasteiger partial charge in [0.1, 0.15) is 5.58 Å². The van der Waals surface area contributed by atoms with Crippen LogP contribution in [0.4, 0.5) is 11.4 Å². The highest BCUT2D eigenvalue weighted by molar-refractivity contribution is 9.10. The van der Waals surface area contributed by atoms with E-state index >= 15 is 0 Å². The van der Waals surface area contributed by atoms with Crippen molar-refractivity contribution in [2.45, 2.75) is 20.3 Å². The van der Waals surface area contributed by atoms with Gasteiger partial charge in [-0.25, -0.2) is 0 Å². The van der Waals surface area contributed by atoms with E-state index < -0.39 is 5.91 Å². The third-order valence-corrected chi connectivity index (χ3v) is 4.75. The molecule has 5 nitrogen and oxygen atoms in total. The van der Waals surface area contributed by atoms with Crippen LogP contribution in [0.25, 0.3) is 11.0 Å². The Morgan fingerprint density at radius 1 is 1.15 bits per heavy atom. The number of nitrogens with one attached hydrogen (secondary N) is 2. The Kier molecular flexibility index (Phi) is 5.34. The Morgan fingerprint density at radius 3 is 2.65 bits per heavy atom. The number of rotatable bonds is 4. The van der Waals surface area contributed by atoms with Gasteiger partial charge < -0.3 is 15.1 Å². The molecule has 7 heteroatoms. The van der Waals surface area contributed by atoms with Crippen LogP contribution in [-0.4, -0.2) is 11.8 Å². The summed E-state index contributed by atoms with van der Waals surface area (Å²) in [6.45, 7) is 3.59. The fourth-order valence-corrected chi connectivity index (χ4v) is 3.06. The molecular formula is C19H16BrClN2O3. The van der Waals surface area contributed by atoms with Crippen molar-refractivity contribution in [3.63, 3.8) is 0 Å². The molecule has 0 aliphatic heterocycles. The number of furan rings is 1. The zero-order valence-electron chi connectivity index (χ0n) is 14.2. The maximum Gasteiger partial charge on any atom is 0.291 e. The number of fused-ring (bicyclic) bond motifs is 1. The summed E-state index contributed by atoms with van der Waals surface area (Å²) >= 11 is 9.59. The van der Waals surface area contributed by atoms with Crippen LogP contribution in [0.5, 0.6) is 0 Å². The number of carbonyl (C=O) groups is 2. The van der Waals surface area contributed by atoms with Gasteiger partial charge in [-0.1, -0.05) is 34.5 Å². The molecule has 0 atom stereocenters. The molecule has 0 saturated carbocycles. The second-order valence-electron chi connectivity index (χ2n) is 5.75. The molecule has 2 N–H and O–H groups in total. The van der Waals surface area contributed by atoms with E-state index in [9.17, 15) is 9.59 Å². The van der Waals surface area contributed by atoms with Crippen molar-refractivity contribution in [1.29, 1.82) is 0 Å². The standard InChI is InChI=1S/C19H16BrClN2O3/c1-3-17(24)22-12-5-6-14(21)15(9-12)23-19(25)18-10(2)13-8-11(20)4-7-16(13)26-18/h4-9H,3H2,1-2H3,(H,22,24)(H,23,25). The van der Waals surface area contributed by atoms with Crippen molar-refractivity contribution in [3.05, 3.63) is 57.2 Å². The Morgan fingerprint density at radius 2 is 1.92 bits per heavy atom. The van der Waals surface area contributed by atoms with Gasteiger partial charge in [0, 0.05) is 27.5 Å². The fourth-order valence-electron chi connectivity index (χ4n) is 2.54. The predicted molar refractivity (Wildman–Crippen MR) is 107 cm³/mol. The van der Waals surface area contributed by atoms with Crippen molar-refractivity contribution < 1.29 is 14.0 Å². The third-order valence-electron chi connectivity index (χ3n) is 3.92. The Balaban J connectivity index is 1.89. The number of amides is 2. The maximum atomic E-state index is 12.7. The summed E-state index contributed by atoms with van der Waals surface area (Å²) in [6, 6.07) is 10.5. The Bertz CT molecular complexity index is 1010. The molecule has 1 heterocycles. The van der Waals surface area contributed by atoms with Gasteiger partial charge in [-0.05, 0) is 43.3 Å². The van der Waals surface area contributed by atoms with Crippen molar-refractivity contribution in [2.24, 2.45) is 0 Å². The smallest absolute Gasteiger partial charge is 0.291 e. The number of carbonyl (C=O) groups excluding carboxylic acids is 2. The Hall–Kier alpha value is -2.31. The lowest BCUT2D eigenvalue weighted by molar-refractivity contribution is -0.115. The van der Waals surface area contributed by atoms with Crippen LogP contribution in [0.2, 0.25) is 5.02 Å². The van der Waals surface area contributed by atoms with E-state index in [0.29, 0.717) is 28.4 Å². The van der Waals surface area contributed by atoms with Crippen LogP contribution in [0, 0.1) is 6.92 Å². The molecule has 2 aromatic carbocycles. The Labute approximate surface area is 163 Å². The largest absolute Gasteiger partial charge is 0.451 e. The molecule has 0 spiro atoms. The van der Waals surface area contributed by atoms with Crippen molar-refractivity contribution in [1.82, 2.24) is 0 Å². The zero-order valence-corrected chi connectivity index (χ0v) is 16.5. The molecule has 0 unspecified atom stereocenters. The minimum absolute atomic E-state index is 0.122. The summed E-state index contributed by atoms with van der Waals surface area (Å²) in [4.78, 5) is 24.2.